The molecule has 0 aliphatic carbocycles. The molecule has 0 bridgehead atoms. The van der Waals surface area contributed by atoms with Crippen molar-refractivity contribution in [1.82, 2.24) is 0 Å². The van der Waals surface area contributed by atoms with E-state index in [1.807, 2.05) is 6.07 Å². The Morgan fingerprint density at radius 1 is 0.957 bits per heavy atom. The molecule has 1 aliphatic heterocycles. The Balaban J connectivity index is 2.10. The Bertz CT molecular complexity index is 770. The highest BCUT2D eigenvalue weighted by Crippen LogP contribution is 2.30. The number of benzene rings is 2. The fourth-order valence-electron chi connectivity index (χ4n) is 2.65. The molecule has 5 heteroatoms. The van der Waals surface area contributed by atoms with E-state index in [0.717, 1.165) is 4.90 Å². The average Bonchev–Trinajstić information content (AvgIpc) is 2.56. The highest BCUT2D eigenvalue weighted by molar-refractivity contribution is 6.32. The summed E-state index contributed by atoms with van der Waals surface area (Å²) in [7, 11) is 0. The summed E-state index contributed by atoms with van der Waals surface area (Å²) < 4.78 is 0. The predicted molar refractivity (Wildman–Crippen MR) is 87.7 cm³/mol. The molecule has 1 saturated heterocycles. The minimum atomic E-state index is -0.286. The molecule has 0 aromatic heterocycles. The van der Waals surface area contributed by atoms with Gasteiger partial charge in [0, 0.05) is 29.0 Å². The number of imide groups is 1. The van der Waals surface area contributed by atoms with Gasteiger partial charge in [0.05, 0.1) is 5.69 Å². The van der Waals surface area contributed by atoms with Gasteiger partial charge in [-0.2, -0.15) is 0 Å². The van der Waals surface area contributed by atoms with E-state index < -0.39 is 0 Å². The molecule has 2 aromatic rings. The normalized spacial score (nSPS) is 14.9. The number of rotatable bonds is 3. The van der Waals surface area contributed by atoms with E-state index in [4.69, 9.17) is 11.6 Å². The highest BCUT2D eigenvalue weighted by atomic mass is 35.5. The third-order valence-corrected chi connectivity index (χ3v) is 4.00. The summed E-state index contributed by atoms with van der Waals surface area (Å²) in [6.45, 7) is 0. The standard InChI is InChI=1S/C18H14ClNO3/c19-13-9-10-15(20-16(21)7-4-8-17(20)22)14(11-13)18(23)12-5-2-1-3-6-12/h1-3,5-6,9-11H,4,7-8H2. The Kier molecular flexibility index (Phi) is 4.26. The van der Waals surface area contributed by atoms with Gasteiger partial charge in [-0.15, -0.1) is 0 Å². The third kappa shape index (κ3) is 3.03. The summed E-state index contributed by atoms with van der Waals surface area (Å²) in [4.78, 5) is 38.2. The van der Waals surface area contributed by atoms with E-state index in [9.17, 15) is 14.4 Å². The number of halogens is 1. The van der Waals surface area contributed by atoms with Crippen molar-refractivity contribution in [3.05, 3.63) is 64.7 Å². The van der Waals surface area contributed by atoms with Crippen LogP contribution in [-0.4, -0.2) is 17.6 Å². The van der Waals surface area contributed by atoms with Crippen LogP contribution in [0.3, 0.4) is 0 Å². The maximum absolute atomic E-state index is 12.8. The first-order valence-electron chi connectivity index (χ1n) is 7.33. The molecule has 0 saturated carbocycles. The maximum Gasteiger partial charge on any atom is 0.233 e. The van der Waals surface area contributed by atoms with Gasteiger partial charge in [0.15, 0.2) is 5.78 Å². The summed E-state index contributed by atoms with van der Waals surface area (Å²) in [6.07, 6.45) is 1.14. The van der Waals surface area contributed by atoms with Gasteiger partial charge in [-0.25, -0.2) is 4.90 Å². The van der Waals surface area contributed by atoms with Crippen molar-refractivity contribution in [1.29, 1.82) is 0 Å². The first-order valence-corrected chi connectivity index (χ1v) is 7.71. The van der Waals surface area contributed by atoms with Gasteiger partial charge in [-0.3, -0.25) is 14.4 Å². The molecule has 1 aliphatic rings. The topological polar surface area (TPSA) is 54.5 Å². The van der Waals surface area contributed by atoms with Crippen molar-refractivity contribution in [2.24, 2.45) is 0 Å². The summed E-state index contributed by atoms with van der Waals surface area (Å²) >= 11 is 6.02. The van der Waals surface area contributed by atoms with E-state index >= 15 is 0 Å². The number of hydrogen-bond donors (Lipinski definition) is 0. The van der Waals surface area contributed by atoms with Gasteiger partial charge >= 0.3 is 0 Å². The largest absolute Gasteiger partial charge is 0.289 e. The van der Waals surface area contributed by atoms with Crippen molar-refractivity contribution in [2.75, 3.05) is 4.90 Å². The van der Waals surface area contributed by atoms with E-state index in [2.05, 4.69) is 0 Å². The monoisotopic (exact) mass is 327 g/mol. The number of anilines is 1. The van der Waals surface area contributed by atoms with Gasteiger partial charge in [0.2, 0.25) is 11.8 Å². The zero-order chi connectivity index (χ0) is 16.4. The molecule has 3 rings (SSSR count). The zero-order valence-electron chi connectivity index (χ0n) is 12.3. The maximum atomic E-state index is 12.8. The lowest BCUT2D eigenvalue weighted by Crippen LogP contribution is -2.41. The van der Waals surface area contributed by atoms with Crippen molar-refractivity contribution in [2.45, 2.75) is 19.3 Å². The summed E-state index contributed by atoms with van der Waals surface area (Å²) in [5, 5.41) is 0.380. The van der Waals surface area contributed by atoms with Gasteiger partial charge in [-0.1, -0.05) is 41.9 Å². The van der Waals surface area contributed by atoms with Gasteiger partial charge < -0.3 is 0 Å². The van der Waals surface area contributed by atoms with Gasteiger partial charge in [0.1, 0.15) is 0 Å². The summed E-state index contributed by atoms with van der Waals surface area (Å²) in [5.74, 6) is -0.842. The first kappa shape index (κ1) is 15.4. The Labute approximate surface area is 138 Å². The second-order valence-electron chi connectivity index (χ2n) is 5.33. The van der Waals surface area contributed by atoms with E-state index in [-0.39, 0.29) is 23.2 Å². The fourth-order valence-corrected chi connectivity index (χ4v) is 2.82. The van der Waals surface area contributed by atoms with E-state index in [0.29, 0.717) is 35.5 Å². The highest BCUT2D eigenvalue weighted by Gasteiger charge is 2.30. The summed E-state index contributed by atoms with van der Waals surface area (Å²) in [5.41, 5.74) is 1.04. The van der Waals surface area contributed by atoms with Gasteiger partial charge in [0.25, 0.3) is 0 Å². The van der Waals surface area contributed by atoms with Crippen LogP contribution >= 0.6 is 11.6 Å². The average molecular weight is 328 g/mol. The number of carbonyl (C=O) groups is 3. The molecule has 23 heavy (non-hydrogen) atoms. The molecular formula is C18H14ClNO3. The molecule has 2 aromatic carbocycles. The minimum absolute atomic E-state index is 0.257. The number of ketones is 1. The van der Waals surface area contributed by atoms with Crippen LogP contribution < -0.4 is 4.90 Å². The van der Waals surface area contributed by atoms with E-state index in [1.165, 1.54) is 6.07 Å². The lowest BCUT2D eigenvalue weighted by atomic mass is 9.99. The van der Waals surface area contributed by atoms with Crippen molar-refractivity contribution in [3.8, 4) is 0 Å². The summed E-state index contributed by atoms with van der Waals surface area (Å²) in [6, 6.07) is 13.3. The van der Waals surface area contributed by atoms with Crippen LogP contribution in [0.5, 0.6) is 0 Å². The van der Waals surface area contributed by atoms with Crippen LogP contribution in [0.25, 0.3) is 0 Å². The third-order valence-electron chi connectivity index (χ3n) is 3.76. The zero-order valence-corrected chi connectivity index (χ0v) is 13.0. The Morgan fingerprint density at radius 3 is 2.26 bits per heavy atom. The van der Waals surface area contributed by atoms with Crippen LogP contribution in [0.15, 0.2) is 48.5 Å². The van der Waals surface area contributed by atoms with E-state index in [1.54, 1.807) is 36.4 Å². The predicted octanol–water partition coefficient (Wildman–Crippen LogP) is 3.61. The first-order chi connectivity index (χ1) is 11.1. The Hall–Kier alpha value is -2.46. The molecule has 1 fully saturated rings. The lowest BCUT2D eigenvalue weighted by Gasteiger charge is -2.26. The number of piperidine rings is 1. The molecule has 116 valence electrons. The van der Waals surface area contributed by atoms with Gasteiger partial charge in [-0.05, 0) is 24.6 Å². The molecule has 4 nitrogen and oxygen atoms in total. The SMILES string of the molecule is O=C(c1ccccc1)c1cc(Cl)ccc1N1C(=O)CCCC1=O. The quantitative estimate of drug-likeness (QED) is 0.639. The molecule has 0 unspecified atom stereocenters. The smallest absolute Gasteiger partial charge is 0.233 e. The molecule has 0 radical (unpaired) electrons. The van der Waals surface area contributed by atoms with Crippen LogP contribution in [0.4, 0.5) is 5.69 Å². The van der Waals surface area contributed by atoms with Crippen molar-refractivity contribution >= 4 is 34.9 Å². The second-order valence-corrected chi connectivity index (χ2v) is 5.77. The van der Waals surface area contributed by atoms with Crippen LogP contribution in [0.2, 0.25) is 5.02 Å². The molecule has 0 spiro atoms. The molecule has 0 atom stereocenters. The minimum Gasteiger partial charge on any atom is -0.289 e. The second kappa shape index (κ2) is 6.34. The Morgan fingerprint density at radius 2 is 1.61 bits per heavy atom. The van der Waals surface area contributed by atoms with Crippen molar-refractivity contribution in [3.63, 3.8) is 0 Å². The molecular weight excluding hydrogens is 314 g/mol. The van der Waals surface area contributed by atoms with Crippen LogP contribution in [0, 0.1) is 0 Å². The molecule has 2 amide bonds. The van der Waals surface area contributed by atoms with Crippen LogP contribution in [-0.2, 0) is 9.59 Å². The number of amides is 2. The molecule has 1 heterocycles. The lowest BCUT2D eigenvalue weighted by molar-refractivity contribution is -0.129. The number of nitrogens with zero attached hydrogens (tertiary/aromatic N) is 1. The fraction of sp³-hybridized carbons (Fsp3) is 0.167. The molecule has 0 N–H and O–H groups in total. The van der Waals surface area contributed by atoms with Crippen molar-refractivity contribution < 1.29 is 14.4 Å². The number of hydrogen-bond acceptors (Lipinski definition) is 3. The van der Waals surface area contributed by atoms with Crippen LogP contribution in [0.1, 0.15) is 35.2 Å². The number of carbonyl (C=O) groups excluding carboxylic acids is 3.